The number of benzene rings is 1. The lowest BCUT2D eigenvalue weighted by molar-refractivity contribution is 1.18. The number of pyridine rings is 1. The Bertz CT molecular complexity index is 843. The first-order valence-electron chi connectivity index (χ1n) is 6.67. The number of nitrogens with zero attached hydrogens (tertiary/aromatic N) is 2. The largest absolute Gasteiger partial charge is 0.398 e. The monoisotopic (exact) mass is 293 g/mol. The van der Waals surface area contributed by atoms with Crippen LogP contribution < -0.4 is 5.73 Å². The molecular formula is C17H15N3S. The number of rotatable bonds is 3. The zero-order chi connectivity index (χ0) is 14.8. The first-order chi connectivity index (χ1) is 10.2. The molecule has 0 unspecified atom stereocenters. The van der Waals surface area contributed by atoms with Gasteiger partial charge in [-0.05, 0) is 42.3 Å². The van der Waals surface area contributed by atoms with Gasteiger partial charge in [-0.25, -0.2) is 0 Å². The van der Waals surface area contributed by atoms with Crippen molar-refractivity contribution >= 4 is 23.0 Å². The van der Waals surface area contributed by atoms with Crippen LogP contribution in [0.2, 0.25) is 0 Å². The lowest BCUT2D eigenvalue weighted by atomic mass is 10.2. The highest BCUT2D eigenvalue weighted by Gasteiger charge is 2.11. The van der Waals surface area contributed by atoms with Gasteiger partial charge in [-0.2, -0.15) is 5.26 Å². The van der Waals surface area contributed by atoms with Crippen LogP contribution in [0, 0.1) is 18.3 Å². The van der Waals surface area contributed by atoms with Crippen LogP contribution in [0.15, 0.2) is 53.7 Å². The van der Waals surface area contributed by atoms with Crippen molar-refractivity contribution in [2.75, 3.05) is 5.73 Å². The summed E-state index contributed by atoms with van der Waals surface area (Å²) in [6.07, 6.45) is 4.00. The molecule has 3 rings (SSSR count). The number of thioether (sulfide) groups is 1. The Labute approximate surface area is 128 Å². The number of hydrogen-bond donors (Lipinski definition) is 1. The highest BCUT2D eigenvalue weighted by atomic mass is 32.2. The van der Waals surface area contributed by atoms with Crippen LogP contribution in [-0.2, 0) is 5.75 Å². The molecule has 0 bridgehead atoms. The van der Waals surface area contributed by atoms with Crippen LogP contribution in [-0.4, -0.2) is 4.40 Å². The predicted octanol–water partition coefficient (Wildman–Crippen LogP) is 3.99. The molecule has 104 valence electrons. The molecule has 0 aliphatic carbocycles. The van der Waals surface area contributed by atoms with E-state index in [1.165, 1.54) is 0 Å². The minimum atomic E-state index is 0.754. The molecular weight excluding hydrogens is 278 g/mol. The summed E-state index contributed by atoms with van der Waals surface area (Å²) in [6.45, 7) is 2.03. The average molecular weight is 293 g/mol. The molecule has 0 saturated carbocycles. The third kappa shape index (κ3) is 2.48. The van der Waals surface area contributed by atoms with Gasteiger partial charge in [-0.15, -0.1) is 11.8 Å². The van der Waals surface area contributed by atoms with Crippen LogP contribution in [0.25, 0.3) is 5.52 Å². The van der Waals surface area contributed by atoms with Crippen molar-refractivity contribution in [1.29, 1.82) is 5.26 Å². The minimum Gasteiger partial charge on any atom is -0.398 e. The lowest BCUT2D eigenvalue weighted by Gasteiger charge is -2.07. The molecule has 3 nitrogen and oxygen atoms in total. The Kier molecular flexibility index (Phi) is 3.59. The van der Waals surface area contributed by atoms with Crippen LogP contribution in [0.1, 0.15) is 16.7 Å². The van der Waals surface area contributed by atoms with E-state index < -0.39 is 0 Å². The number of nitrogens with two attached hydrogens (primary N) is 1. The highest BCUT2D eigenvalue weighted by molar-refractivity contribution is 7.98. The number of nitrogen functional groups attached to an aromatic ring is 1. The molecule has 4 heteroatoms. The van der Waals surface area contributed by atoms with E-state index in [1.807, 2.05) is 54.0 Å². The summed E-state index contributed by atoms with van der Waals surface area (Å²) in [5, 5.41) is 9.41. The van der Waals surface area contributed by atoms with Gasteiger partial charge in [0.25, 0.3) is 0 Å². The van der Waals surface area contributed by atoms with E-state index in [1.54, 1.807) is 11.8 Å². The number of hydrogen-bond acceptors (Lipinski definition) is 3. The molecule has 0 spiro atoms. The second-order valence-corrected chi connectivity index (χ2v) is 5.91. The summed E-state index contributed by atoms with van der Waals surface area (Å²) < 4.78 is 2.00. The fourth-order valence-corrected chi connectivity index (χ4v) is 3.40. The zero-order valence-electron chi connectivity index (χ0n) is 11.7. The Hall–Kier alpha value is -2.38. The van der Waals surface area contributed by atoms with Crippen molar-refractivity contribution in [1.82, 2.24) is 4.40 Å². The molecule has 0 aliphatic heterocycles. The molecule has 2 aromatic heterocycles. The van der Waals surface area contributed by atoms with Gasteiger partial charge in [0, 0.05) is 28.7 Å². The Morgan fingerprint density at radius 1 is 1.24 bits per heavy atom. The quantitative estimate of drug-likeness (QED) is 0.586. The molecule has 1 aromatic carbocycles. The van der Waals surface area contributed by atoms with Crippen molar-refractivity contribution in [2.45, 2.75) is 17.6 Å². The molecule has 21 heavy (non-hydrogen) atoms. The first-order valence-corrected chi connectivity index (χ1v) is 7.66. The number of fused-ring (bicyclic) bond motifs is 1. The van der Waals surface area contributed by atoms with Crippen molar-refractivity contribution in [3.63, 3.8) is 0 Å². The Balaban J connectivity index is 1.92. The van der Waals surface area contributed by atoms with E-state index >= 15 is 0 Å². The van der Waals surface area contributed by atoms with Crippen LogP contribution in [0.5, 0.6) is 0 Å². The van der Waals surface area contributed by atoms with Crippen LogP contribution in [0.4, 0.5) is 5.69 Å². The van der Waals surface area contributed by atoms with Crippen molar-refractivity contribution in [2.24, 2.45) is 0 Å². The van der Waals surface area contributed by atoms with Gasteiger partial charge >= 0.3 is 0 Å². The summed E-state index contributed by atoms with van der Waals surface area (Å²) in [5.74, 6) is 0.759. The summed E-state index contributed by atoms with van der Waals surface area (Å²) in [6, 6.07) is 14.2. The van der Waals surface area contributed by atoms with Gasteiger partial charge in [-0.1, -0.05) is 12.1 Å². The summed E-state index contributed by atoms with van der Waals surface area (Å²) in [7, 11) is 0. The standard InChI is InChI=1S/C17H15N3S/c1-12-15(19)5-4-7-17(12)21-11-13-10-20-8-3-2-6-16(20)14(13)9-18/h2-8,10H,11,19H2,1H3. The van der Waals surface area contributed by atoms with Gasteiger partial charge < -0.3 is 10.1 Å². The van der Waals surface area contributed by atoms with E-state index in [0.717, 1.165) is 38.5 Å². The normalized spacial score (nSPS) is 10.7. The predicted molar refractivity (Wildman–Crippen MR) is 87.3 cm³/mol. The molecule has 0 saturated heterocycles. The van der Waals surface area contributed by atoms with E-state index in [-0.39, 0.29) is 0 Å². The van der Waals surface area contributed by atoms with Crippen molar-refractivity contribution in [3.8, 4) is 6.07 Å². The number of aromatic nitrogens is 1. The second kappa shape index (κ2) is 5.55. The number of nitriles is 1. The van der Waals surface area contributed by atoms with Crippen molar-refractivity contribution in [3.05, 3.63) is 65.5 Å². The van der Waals surface area contributed by atoms with Gasteiger partial charge in [0.15, 0.2) is 0 Å². The van der Waals surface area contributed by atoms with Crippen molar-refractivity contribution < 1.29 is 0 Å². The van der Waals surface area contributed by atoms with Crippen LogP contribution in [0.3, 0.4) is 0 Å². The van der Waals surface area contributed by atoms with Gasteiger partial charge in [0.2, 0.25) is 0 Å². The SMILES string of the molecule is Cc1c(N)cccc1SCc1cn2ccccc2c1C#N. The average Bonchev–Trinajstić information content (AvgIpc) is 2.86. The summed E-state index contributed by atoms with van der Waals surface area (Å²) in [4.78, 5) is 1.16. The fraction of sp³-hybridized carbons (Fsp3) is 0.118. The zero-order valence-corrected chi connectivity index (χ0v) is 12.5. The van der Waals surface area contributed by atoms with Crippen LogP contribution >= 0.6 is 11.8 Å². The molecule has 0 fully saturated rings. The molecule has 2 N–H and O–H groups in total. The second-order valence-electron chi connectivity index (χ2n) is 4.89. The molecule has 0 amide bonds. The van der Waals surface area contributed by atoms with Gasteiger partial charge in [0.1, 0.15) is 6.07 Å². The van der Waals surface area contributed by atoms with E-state index in [0.29, 0.717) is 0 Å². The van der Waals surface area contributed by atoms with E-state index in [2.05, 4.69) is 12.1 Å². The highest BCUT2D eigenvalue weighted by Crippen LogP contribution is 2.31. The smallest absolute Gasteiger partial charge is 0.102 e. The maximum absolute atomic E-state index is 9.41. The maximum Gasteiger partial charge on any atom is 0.102 e. The minimum absolute atomic E-state index is 0.754. The van der Waals surface area contributed by atoms with E-state index in [9.17, 15) is 5.26 Å². The Morgan fingerprint density at radius 3 is 2.90 bits per heavy atom. The molecule has 0 radical (unpaired) electrons. The molecule has 2 heterocycles. The van der Waals surface area contributed by atoms with E-state index in [4.69, 9.17) is 5.73 Å². The molecule has 0 atom stereocenters. The van der Waals surface area contributed by atoms with Gasteiger partial charge in [0.05, 0.1) is 11.1 Å². The fourth-order valence-electron chi connectivity index (χ4n) is 2.36. The third-order valence-corrected chi connectivity index (χ3v) is 4.79. The van der Waals surface area contributed by atoms with Gasteiger partial charge in [-0.3, -0.25) is 0 Å². The number of anilines is 1. The summed E-state index contributed by atoms with van der Waals surface area (Å²) in [5.41, 5.74) is 10.6. The maximum atomic E-state index is 9.41. The topological polar surface area (TPSA) is 54.2 Å². The Morgan fingerprint density at radius 2 is 2.10 bits per heavy atom. The third-order valence-electron chi connectivity index (χ3n) is 3.58. The lowest BCUT2D eigenvalue weighted by Crippen LogP contribution is -1.91. The molecule has 0 aliphatic rings. The first kappa shape index (κ1) is 13.6. The molecule has 3 aromatic rings. The summed E-state index contributed by atoms with van der Waals surface area (Å²) >= 11 is 1.71.